The van der Waals surface area contributed by atoms with Gasteiger partial charge in [-0.1, -0.05) is 65.8 Å². The molecular formula is C18H21P. The van der Waals surface area contributed by atoms with Crippen LogP contribution in [-0.2, 0) is 11.8 Å². The predicted molar refractivity (Wildman–Crippen MR) is 87.3 cm³/mol. The first-order chi connectivity index (χ1) is 9.07. The summed E-state index contributed by atoms with van der Waals surface area (Å²) in [6.45, 7) is 9.21. The van der Waals surface area contributed by atoms with E-state index in [4.69, 9.17) is 0 Å². The lowest BCUT2D eigenvalue weighted by molar-refractivity contribution is 0.660. The number of aryl methyl sites for hydroxylation is 1. The third kappa shape index (κ3) is 1.85. The molecule has 1 heteroatoms. The first kappa shape index (κ1) is 12.9. The molecule has 0 saturated carbocycles. The summed E-state index contributed by atoms with van der Waals surface area (Å²) in [6.07, 6.45) is 1.11. The van der Waals surface area contributed by atoms with Gasteiger partial charge in [0.2, 0.25) is 0 Å². The van der Waals surface area contributed by atoms with E-state index in [9.17, 15) is 0 Å². The molecule has 0 amide bonds. The highest BCUT2D eigenvalue weighted by atomic mass is 31.1. The minimum absolute atomic E-state index is 0.144. The standard InChI is InChI=1S/C18H21P/c1-5-12-6-8-14-15-9-7-13(19-4)11-17(15)18(2,3)16(14)10-12/h6-11,19H,5H2,1-4H3. The molecule has 0 fully saturated rings. The maximum Gasteiger partial charge on any atom is 0.0159 e. The molecule has 2 aromatic rings. The van der Waals surface area contributed by atoms with Gasteiger partial charge in [-0.15, -0.1) is 0 Å². The Morgan fingerprint density at radius 3 is 2.21 bits per heavy atom. The van der Waals surface area contributed by atoms with Crippen molar-refractivity contribution in [2.45, 2.75) is 32.6 Å². The van der Waals surface area contributed by atoms with E-state index in [0.29, 0.717) is 0 Å². The second-order valence-electron chi connectivity index (χ2n) is 5.87. The zero-order chi connectivity index (χ0) is 13.6. The molecule has 0 N–H and O–H groups in total. The Balaban J connectivity index is 2.26. The molecule has 1 atom stereocenters. The molecule has 19 heavy (non-hydrogen) atoms. The van der Waals surface area contributed by atoms with Gasteiger partial charge in [0.1, 0.15) is 0 Å². The molecule has 0 aromatic heterocycles. The topological polar surface area (TPSA) is 0 Å². The van der Waals surface area contributed by atoms with E-state index in [-0.39, 0.29) is 5.41 Å². The van der Waals surface area contributed by atoms with Crippen LogP contribution in [0.25, 0.3) is 11.1 Å². The fourth-order valence-electron chi connectivity index (χ4n) is 3.16. The molecule has 0 heterocycles. The van der Waals surface area contributed by atoms with Crippen LogP contribution in [0.3, 0.4) is 0 Å². The fraction of sp³-hybridized carbons (Fsp3) is 0.333. The maximum absolute atomic E-state index is 2.42. The number of benzene rings is 2. The molecule has 0 aliphatic heterocycles. The molecule has 98 valence electrons. The van der Waals surface area contributed by atoms with Crippen molar-refractivity contribution in [3.8, 4) is 11.1 Å². The molecule has 1 aliphatic rings. The summed E-state index contributed by atoms with van der Waals surface area (Å²) < 4.78 is 0. The smallest absolute Gasteiger partial charge is 0.0159 e. The lowest BCUT2D eigenvalue weighted by Gasteiger charge is -2.22. The Kier molecular flexibility index (Phi) is 3.02. The van der Waals surface area contributed by atoms with Crippen LogP contribution in [0.2, 0.25) is 0 Å². The van der Waals surface area contributed by atoms with E-state index >= 15 is 0 Å². The van der Waals surface area contributed by atoms with Crippen LogP contribution in [0.1, 0.15) is 37.5 Å². The molecule has 0 saturated heterocycles. The molecular weight excluding hydrogens is 247 g/mol. The average molecular weight is 268 g/mol. The van der Waals surface area contributed by atoms with E-state index in [2.05, 4.69) is 63.8 Å². The van der Waals surface area contributed by atoms with Crippen molar-refractivity contribution in [3.63, 3.8) is 0 Å². The van der Waals surface area contributed by atoms with Gasteiger partial charge in [0.15, 0.2) is 0 Å². The highest BCUT2D eigenvalue weighted by Gasteiger charge is 2.35. The van der Waals surface area contributed by atoms with E-state index in [1.165, 1.54) is 33.1 Å². The van der Waals surface area contributed by atoms with Gasteiger partial charge in [-0.05, 0) is 46.2 Å². The molecule has 0 spiro atoms. The van der Waals surface area contributed by atoms with Crippen LogP contribution in [0.4, 0.5) is 0 Å². The number of fused-ring (bicyclic) bond motifs is 3. The first-order valence-electron chi connectivity index (χ1n) is 7.04. The van der Waals surface area contributed by atoms with E-state index in [1.54, 1.807) is 0 Å². The maximum atomic E-state index is 2.42. The van der Waals surface area contributed by atoms with Crippen LogP contribution < -0.4 is 5.30 Å². The van der Waals surface area contributed by atoms with Gasteiger partial charge in [0.25, 0.3) is 0 Å². The van der Waals surface area contributed by atoms with Crippen LogP contribution in [0, 0.1) is 0 Å². The van der Waals surface area contributed by atoms with Gasteiger partial charge in [-0.3, -0.25) is 0 Å². The quantitative estimate of drug-likeness (QED) is 0.704. The molecule has 0 radical (unpaired) electrons. The van der Waals surface area contributed by atoms with Crippen LogP contribution >= 0.6 is 8.58 Å². The summed E-state index contributed by atoms with van der Waals surface area (Å²) >= 11 is 0. The summed E-state index contributed by atoms with van der Waals surface area (Å²) in [7, 11) is 0.874. The Bertz CT molecular complexity index is 583. The fourth-order valence-corrected chi connectivity index (χ4v) is 3.70. The van der Waals surface area contributed by atoms with Gasteiger partial charge in [-0.25, -0.2) is 0 Å². The summed E-state index contributed by atoms with van der Waals surface area (Å²) in [6, 6.07) is 14.0. The minimum atomic E-state index is 0.144. The summed E-state index contributed by atoms with van der Waals surface area (Å²) in [5.41, 5.74) is 7.46. The van der Waals surface area contributed by atoms with Gasteiger partial charge in [0, 0.05) is 5.41 Å². The lowest BCUT2D eigenvalue weighted by Crippen LogP contribution is -2.16. The van der Waals surface area contributed by atoms with E-state index in [0.717, 1.165) is 15.0 Å². The van der Waals surface area contributed by atoms with Crippen molar-refractivity contribution in [1.29, 1.82) is 0 Å². The minimum Gasteiger partial charge on any atom is -0.0936 e. The molecule has 1 aliphatic carbocycles. The summed E-state index contributed by atoms with van der Waals surface area (Å²) in [5, 5.41) is 1.47. The highest BCUT2D eigenvalue weighted by Crippen LogP contribution is 2.48. The molecule has 3 rings (SSSR count). The van der Waals surface area contributed by atoms with Crippen molar-refractivity contribution < 1.29 is 0 Å². The predicted octanol–water partition coefficient (Wildman–Crippen LogP) is 4.49. The Morgan fingerprint density at radius 1 is 0.947 bits per heavy atom. The summed E-state index contributed by atoms with van der Waals surface area (Å²) in [5.74, 6) is 0. The lowest BCUT2D eigenvalue weighted by atomic mass is 9.82. The Labute approximate surface area is 118 Å². The number of hydrogen-bond acceptors (Lipinski definition) is 0. The van der Waals surface area contributed by atoms with Crippen molar-refractivity contribution in [3.05, 3.63) is 53.1 Å². The number of hydrogen-bond donors (Lipinski definition) is 0. The monoisotopic (exact) mass is 268 g/mol. The largest absolute Gasteiger partial charge is 0.0936 e. The van der Waals surface area contributed by atoms with Gasteiger partial charge in [-0.2, -0.15) is 0 Å². The molecule has 0 nitrogen and oxygen atoms in total. The Morgan fingerprint density at radius 2 is 1.58 bits per heavy atom. The second kappa shape index (κ2) is 4.46. The van der Waals surface area contributed by atoms with Gasteiger partial charge < -0.3 is 0 Å². The van der Waals surface area contributed by atoms with Crippen LogP contribution in [0.15, 0.2) is 36.4 Å². The van der Waals surface area contributed by atoms with Crippen molar-refractivity contribution >= 4 is 13.9 Å². The third-order valence-corrected chi connectivity index (χ3v) is 5.33. The van der Waals surface area contributed by atoms with Crippen molar-refractivity contribution in [2.24, 2.45) is 0 Å². The first-order valence-corrected chi connectivity index (χ1v) is 8.54. The van der Waals surface area contributed by atoms with Crippen molar-refractivity contribution in [1.82, 2.24) is 0 Å². The van der Waals surface area contributed by atoms with Gasteiger partial charge >= 0.3 is 0 Å². The molecule has 2 aromatic carbocycles. The Hall–Kier alpha value is -1.13. The van der Waals surface area contributed by atoms with Crippen LogP contribution in [0.5, 0.6) is 0 Å². The summed E-state index contributed by atoms with van der Waals surface area (Å²) in [4.78, 5) is 0. The number of rotatable bonds is 2. The van der Waals surface area contributed by atoms with Crippen molar-refractivity contribution in [2.75, 3.05) is 6.66 Å². The zero-order valence-corrected chi connectivity index (χ0v) is 13.2. The average Bonchev–Trinajstić information content (AvgIpc) is 2.67. The highest BCUT2D eigenvalue weighted by molar-refractivity contribution is 7.46. The second-order valence-corrected chi connectivity index (χ2v) is 6.95. The third-order valence-electron chi connectivity index (χ3n) is 4.44. The normalized spacial score (nSPS) is 15.8. The van der Waals surface area contributed by atoms with Crippen LogP contribution in [-0.4, -0.2) is 6.66 Å². The van der Waals surface area contributed by atoms with E-state index in [1.807, 2.05) is 0 Å². The molecule has 1 unspecified atom stereocenters. The zero-order valence-electron chi connectivity index (χ0n) is 12.2. The van der Waals surface area contributed by atoms with E-state index < -0.39 is 0 Å². The van der Waals surface area contributed by atoms with Gasteiger partial charge in [0.05, 0.1) is 0 Å². The SMILES string of the molecule is CCc1ccc2c(c1)C(C)(C)c1cc(PC)ccc1-2. The molecule has 0 bridgehead atoms.